The molecule has 0 aliphatic carbocycles. The van der Waals surface area contributed by atoms with Gasteiger partial charge in [0.05, 0.1) is 0 Å². The van der Waals surface area contributed by atoms with Gasteiger partial charge in [0.25, 0.3) is 0 Å². The second-order valence-electron chi connectivity index (χ2n) is 6.52. The summed E-state index contributed by atoms with van der Waals surface area (Å²) >= 11 is 1.40. The minimum Gasteiger partial charge on any atom is -0.337 e. The minimum absolute atomic E-state index is 0.261. The highest BCUT2D eigenvalue weighted by atomic mass is 32.1. The first-order valence-electron chi connectivity index (χ1n) is 8.54. The Balaban J connectivity index is 1.55. The molecule has 0 saturated carbocycles. The van der Waals surface area contributed by atoms with Gasteiger partial charge in [0.2, 0.25) is 5.13 Å². The van der Waals surface area contributed by atoms with Gasteiger partial charge in [-0.15, -0.1) is 10.2 Å². The summed E-state index contributed by atoms with van der Waals surface area (Å²) in [6.07, 6.45) is 0.788. The predicted molar refractivity (Wildman–Crippen MR) is 106 cm³/mol. The Labute approximate surface area is 157 Å². The van der Waals surface area contributed by atoms with E-state index in [1.165, 1.54) is 16.9 Å². The van der Waals surface area contributed by atoms with Crippen LogP contribution in [0, 0.1) is 0 Å². The fourth-order valence-electron chi connectivity index (χ4n) is 2.61. The number of benzene rings is 2. The molecule has 0 spiro atoms. The van der Waals surface area contributed by atoms with E-state index in [9.17, 15) is 4.79 Å². The van der Waals surface area contributed by atoms with Gasteiger partial charge >= 0.3 is 6.03 Å². The molecule has 3 rings (SSSR count). The molecule has 2 N–H and O–H groups in total. The topological polar surface area (TPSA) is 66.9 Å². The largest absolute Gasteiger partial charge is 0.337 e. The van der Waals surface area contributed by atoms with E-state index in [-0.39, 0.29) is 11.4 Å². The molecule has 0 aliphatic heterocycles. The molecular weight excluding hydrogens is 344 g/mol. The molecule has 0 bridgehead atoms. The summed E-state index contributed by atoms with van der Waals surface area (Å²) in [7, 11) is 0. The summed E-state index contributed by atoms with van der Waals surface area (Å²) in [6.45, 7) is 4.77. The third-order valence-corrected chi connectivity index (χ3v) is 5.38. The van der Waals surface area contributed by atoms with Crippen LogP contribution < -0.4 is 10.6 Å². The van der Waals surface area contributed by atoms with Crippen LogP contribution in [0.3, 0.4) is 0 Å². The van der Waals surface area contributed by atoms with Crippen LogP contribution in [0.5, 0.6) is 0 Å². The van der Waals surface area contributed by atoms with Crippen molar-refractivity contribution in [1.82, 2.24) is 15.5 Å². The zero-order valence-corrected chi connectivity index (χ0v) is 15.7. The van der Waals surface area contributed by atoms with Crippen molar-refractivity contribution in [2.24, 2.45) is 0 Å². The summed E-state index contributed by atoms with van der Waals surface area (Å²) < 4.78 is 0. The molecule has 0 fully saturated rings. The van der Waals surface area contributed by atoms with Gasteiger partial charge in [0.1, 0.15) is 5.01 Å². The monoisotopic (exact) mass is 366 g/mol. The Hall–Kier alpha value is -2.73. The maximum Gasteiger partial charge on any atom is 0.321 e. The number of hydrogen-bond donors (Lipinski definition) is 2. The van der Waals surface area contributed by atoms with E-state index in [1.807, 2.05) is 48.5 Å². The Morgan fingerprint density at radius 3 is 2.35 bits per heavy atom. The second-order valence-corrected chi connectivity index (χ2v) is 7.50. The molecule has 5 nitrogen and oxygen atoms in total. The summed E-state index contributed by atoms with van der Waals surface area (Å²) in [5.41, 5.74) is 2.09. The number of nitrogens with one attached hydrogen (secondary N) is 2. The first kappa shape index (κ1) is 18.1. The van der Waals surface area contributed by atoms with E-state index in [4.69, 9.17) is 0 Å². The van der Waals surface area contributed by atoms with E-state index in [0.717, 1.165) is 17.0 Å². The fourth-order valence-corrected chi connectivity index (χ4v) is 3.47. The predicted octanol–water partition coefficient (Wildman–Crippen LogP) is 4.23. The number of aromatic nitrogens is 2. The molecule has 0 atom stereocenters. The van der Waals surface area contributed by atoms with Crippen molar-refractivity contribution in [3.63, 3.8) is 0 Å². The van der Waals surface area contributed by atoms with Gasteiger partial charge in [-0.3, -0.25) is 5.32 Å². The van der Waals surface area contributed by atoms with Crippen LogP contribution in [-0.4, -0.2) is 22.8 Å². The normalized spacial score (nSPS) is 11.2. The van der Waals surface area contributed by atoms with Crippen molar-refractivity contribution in [2.45, 2.75) is 25.7 Å². The number of hydrogen-bond acceptors (Lipinski definition) is 4. The summed E-state index contributed by atoms with van der Waals surface area (Å²) in [5.74, 6) is 0. The third kappa shape index (κ3) is 4.46. The van der Waals surface area contributed by atoms with Crippen LogP contribution in [0.1, 0.15) is 30.0 Å². The van der Waals surface area contributed by atoms with Crippen LogP contribution >= 0.6 is 11.3 Å². The molecule has 0 unspecified atom stereocenters. The van der Waals surface area contributed by atoms with E-state index in [0.29, 0.717) is 11.7 Å². The lowest BCUT2D eigenvalue weighted by atomic mass is 9.85. The zero-order chi connectivity index (χ0) is 18.4. The average Bonchev–Trinajstić information content (AvgIpc) is 3.12. The SMILES string of the molecule is CC(C)(c1ccccc1)c1nnc(NC(=O)NCCc2ccccc2)s1. The van der Waals surface area contributed by atoms with Gasteiger partial charge in [-0.25, -0.2) is 4.79 Å². The number of amides is 2. The highest BCUT2D eigenvalue weighted by molar-refractivity contribution is 7.15. The molecule has 1 heterocycles. The molecule has 2 amide bonds. The van der Waals surface area contributed by atoms with E-state index < -0.39 is 0 Å². The highest BCUT2D eigenvalue weighted by Gasteiger charge is 2.27. The van der Waals surface area contributed by atoms with Gasteiger partial charge < -0.3 is 5.32 Å². The minimum atomic E-state index is -0.263. The summed E-state index contributed by atoms with van der Waals surface area (Å²) in [5, 5.41) is 15.4. The molecule has 2 aromatic carbocycles. The number of urea groups is 1. The van der Waals surface area contributed by atoms with Crippen molar-refractivity contribution in [3.8, 4) is 0 Å². The fraction of sp³-hybridized carbons (Fsp3) is 0.250. The maximum atomic E-state index is 12.0. The van der Waals surface area contributed by atoms with Crippen LogP contribution in [-0.2, 0) is 11.8 Å². The standard InChI is InChI=1S/C20H22N4OS/c1-20(2,16-11-7-4-8-12-16)17-23-24-19(26-17)22-18(25)21-14-13-15-9-5-3-6-10-15/h3-12H,13-14H2,1-2H3,(H2,21,22,24,25). The van der Waals surface area contributed by atoms with Gasteiger partial charge in [-0.2, -0.15) is 0 Å². The Morgan fingerprint density at radius 1 is 1.00 bits per heavy atom. The van der Waals surface area contributed by atoms with Crippen molar-refractivity contribution in [1.29, 1.82) is 0 Å². The van der Waals surface area contributed by atoms with Crippen molar-refractivity contribution < 1.29 is 4.79 Å². The lowest BCUT2D eigenvalue weighted by molar-refractivity contribution is 0.252. The smallest absolute Gasteiger partial charge is 0.321 e. The van der Waals surface area contributed by atoms with Crippen LogP contribution in [0.15, 0.2) is 60.7 Å². The van der Waals surface area contributed by atoms with Crippen LogP contribution in [0.4, 0.5) is 9.93 Å². The quantitative estimate of drug-likeness (QED) is 0.686. The van der Waals surface area contributed by atoms with Crippen LogP contribution in [0.25, 0.3) is 0 Å². The molecule has 134 valence electrons. The highest BCUT2D eigenvalue weighted by Crippen LogP contribution is 2.34. The van der Waals surface area contributed by atoms with Crippen molar-refractivity contribution in [2.75, 3.05) is 11.9 Å². The van der Waals surface area contributed by atoms with Gasteiger partial charge in [-0.1, -0.05) is 72.0 Å². The molecule has 0 aliphatic rings. The van der Waals surface area contributed by atoms with E-state index in [1.54, 1.807) is 0 Å². The number of nitrogens with zero attached hydrogens (tertiary/aromatic N) is 2. The van der Waals surface area contributed by atoms with E-state index >= 15 is 0 Å². The zero-order valence-electron chi connectivity index (χ0n) is 14.9. The summed E-state index contributed by atoms with van der Waals surface area (Å²) in [6, 6.07) is 20.0. The molecule has 0 saturated heterocycles. The molecule has 6 heteroatoms. The Kier molecular flexibility index (Phi) is 5.63. The lowest BCUT2D eigenvalue weighted by Gasteiger charge is -2.21. The number of carbonyl (C=O) groups is 1. The second kappa shape index (κ2) is 8.10. The number of rotatable bonds is 6. The average molecular weight is 366 g/mol. The first-order valence-corrected chi connectivity index (χ1v) is 9.35. The first-order chi connectivity index (χ1) is 12.6. The van der Waals surface area contributed by atoms with Crippen LogP contribution in [0.2, 0.25) is 0 Å². The van der Waals surface area contributed by atoms with E-state index in [2.05, 4.69) is 46.8 Å². The molecule has 1 aromatic heterocycles. The van der Waals surface area contributed by atoms with Gasteiger partial charge in [0.15, 0.2) is 0 Å². The van der Waals surface area contributed by atoms with Crippen molar-refractivity contribution in [3.05, 3.63) is 76.8 Å². The third-order valence-electron chi connectivity index (χ3n) is 4.22. The van der Waals surface area contributed by atoms with Gasteiger partial charge in [0, 0.05) is 12.0 Å². The Morgan fingerprint density at radius 2 is 1.65 bits per heavy atom. The molecule has 0 radical (unpaired) electrons. The lowest BCUT2D eigenvalue weighted by Crippen LogP contribution is -2.30. The maximum absolute atomic E-state index is 12.0. The molecule has 3 aromatic rings. The Bertz CT molecular complexity index is 847. The van der Waals surface area contributed by atoms with Gasteiger partial charge in [-0.05, 0) is 31.4 Å². The van der Waals surface area contributed by atoms with Crippen molar-refractivity contribution >= 4 is 22.5 Å². The molecule has 26 heavy (non-hydrogen) atoms. The molecular formula is C20H22N4OS. The number of carbonyl (C=O) groups excluding carboxylic acids is 1. The summed E-state index contributed by atoms with van der Waals surface area (Å²) in [4.78, 5) is 12.0. The number of anilines is 1.